The van der Waals surface area contributed by atoms with Crippen molar-refractivity contribution < 1.29 is 22.7 Å². The van der Waals surface area contributed by atoms with Crippen molar-refractivity contribution >= 4 is 27.6 Å². The lowest BCUT2D eigenvalue weighted by atomic mass is 9.97. The number of carbonyl (C=O) groups is 2. The van der Waals surface area contributed by atoms with Gasteiger partial charge in [0, 0.05) is 18.8 Å². The Morgan fingerprint density at radius 3 is 2.45 bits per heavy atom. The van der Waals surface area contributed by atoms with E-state index >= 15 is 0 Å². The number of hydrogen-bond acceptors (Lipinski definition) is 6. The lowest BCUT2D eigenvalue weighted by Gasteiger charge is -2.30. The second kappa shape index (κ2) is 9.69. The van der Waals surface area contributed by atoms with Gasteiger partial charge in [-0.25, -0.2) is 8.42 Å². The Labute approximate surface area is 172 Å². The van der Waals surface area contributed by atoms with Gasteiger partial charge >= 0.3 is 5.97 Å². The van der Waals surface area contributed by atoms with Crippen molar-refractivity contribution in [1.29, 1.82) is 0 Å². The van der Waals surface area contributed by atoms with Crippen LogP contribution in [0.25, 0.3) is 0 Å². The van der Waals surface area contributed by atoms with Crippen molar-refractivity contribution in [2.24, 2.45) is 5.92 Å². The van der Waals surface area contributed by atoms with Gasteiger partial charge in [-0.1, -0.05) is 12.5 Å². The fourth-order valence-corrected chi connectivity index (χ4v) is 5.45. The van der Waals surface area contributed by atoms with Crippen molar-refractivity contribution in [3.63, 3.8) is 0 Å². The molecule has 0 spiro atoms. The predicted molar refractivity (Wildman–Crippen MR) is 109 cm³/mol. The van der Waals surface area contributed by atoms with Gasteiger partial charge in [-0.15, -0.1) is 0 Å². The number of sulfonamides is 1. The molecule has 0 bridgehead atoms. The number of esters is 1. The molecular weight excluding hydrogens is 394 g/mol. The number of rotatable bonds is 6. The molecule has 1 aromatic carbocycles. The number of carbonyl (C=O) groups excluding carboxylic acids is 2. The smallest absolute Gasteiger partial charge is 0.308 e. The van der Waals surface area contributed by atoms with Crippen LogP contribution in [-0.2, 0) is 24.3 Å². The van der Waals surface area contributed by atoms with Gasteiger partial charge in [-0.05, 0) is 57.0 Å². The van der Waals surface area contributed by atoms with E-state index in [0.717, 1.165) is 19.3 Å². The summed E-state index contributed by atoms with van der Waals surface area (Å²) in [5.74, 6) is -0.495. The number of piperidine rings is 2. The van der Waals surface area contributed by atoms with Crippen LogP contribution >= 0.6 is 0 Å². The summed E-state index contributed by atoms with van der Waals surface area (Å²) in [6, 6.07) is 6.42. The van der Waals surface area contributed by atoms with E-state index in [1.54, 1.807) is 18.2 Å². The Bertz CT molecular complexity index is 828. The third-order valence-corrected chi connectivity index (χ3v) is 7.45. The summed E-state index contributed by atoms with van der Waals surface area (Å²) in [5.41, 5.74) is 0.470. The quantitative estimate of drug-likeness (QED) is 0.700. The molecule has 0 atom stereocenters. The number of hydrogen-bond donors (Lipinski definition) is 1. The molecule has 2 aliphatic heterocycles. The molecule has 2 fully saturated rings. The van der Waals surface area contributed by atoms with E-state index in [0.29, 0.717) is 44.7 Å². The highest BCUT2D eigenvalue weighted by atomic mass is 32.2. The Hall–Kier alpha value is -1.97. The van der Waals surface area contributed by atoms with Crippen LogP contribution in [0, 0.1) is 5.92 Å². The van der Waals surface area contributed by atoms with Gasteiger partial charge < -0.3 is 10.1 Å². The molecule has 3 rings (SSSR count). The highest BCUT2D eigenvalue weighted by Crippen LogP contribution is 2.23. The van der Waals surface area contributed by atoms with E-state index < -0.39 is 10.0 Å². The average molecular weight is 424 g/mol. The molecule has 2 heterocycles. The lowest BCUT2D eigenvalue weighted by Crippen LogP contribution is -2.41. The summed E-state index contributed by atoms with van der Waals surface area (Å²) in [6.07, 6.45) is 4.15. The van der Waals surface area contributed by atoms with Crippen LogP contribution in [-0.4, -0.2) is 69.3 Å². The molecule has 1 N–H and O–H groups in total. The zero-order valence-electron chi connectivity index (χ0n) is 16.8. The molecule has 0 aliphatic carbocycles. The first-order chi connectivity index (χ1) is 13.9. The minimum Gasteiger partial charge on any atom is -0.469 e. The van der Waals surface area contributed by atoms with Crippen molar-refractivity contribution in [3.05, 3.63) is 24.3 Å². The molecule has 1 amide bonds. The maximum absolute atomic E-state index is 12.8. The first kappa shape index (κ1) is 21.7. The van der Waals surface area contributed by atoms with Gasteiger partial charge in [0.2, 0.25) is 15.9 Å². The highest BCUT2D eigenvalue weighted by Gasteiger charge is 2.27. The molecule has 8 nitrogen and oxygen atoms in total. The molecule has 0 aromatic heterocycles. The van der Waals surface area contributed by atoms with E-state index in [4.69, 9.17) is 4.74 Å². The van der Waals surface area contributed by atoms with Gasteiger partial charge in [-0.3, -0.25) is 14.5 Å². The molecule has 1 aromatic rings. The fraction of sp³-hybridized carbons (Fsp3) is 0.600. The Kier molecular flexibility index (Phi) is 7.26. The van der Waals surface area contributed by atoms with Gasteiger partial charge in [0.05, 0.1) is 24.5 Å². The van der Waals surface area contributed by atoms with E-state index in [2.05, 4.69) is 5.32 Å². The standard InChI is InChI=1S/C20H29N3O5S/c1-28-20(25)16-8-12-22(13-9-16)15-19(24)21-17-6-5-7-18(14-17)29(26,27)23-10-3-2-4-11-23/h5-7,14,16H,2-4,8-13,15H2,1H3,(H,21,24). The number of methoxy groups -OCH3 is 1. The topological polar surface area (TPSA) is 96.0 Å². The third-order valence-electron chi connectivity index (χ3n) is 5.56. The second-order valence-electron chi connectivity index (χ2n) is 7.61. The molecule has 0 radical (unpaired) electrons. The lowest BCUT2D eigenvalue weighted by molar-refractivity contribution is -0.147. The van der Waals surface area contributed by atoms with Crippen LogP contribution in [0.4, 0.5) is 5.69 Å². The summed E-state index contributed by atoms with van der Waals surface area (Å²) >= 11 is 0. The fourth-order valence-electron chi connectivity index (χ4n) is 3.89. The average Bonchev–Trinajstić information content (AvgIpc) is 2.74. The molecule has 160 valence electrons. The molecule has 0 unspecified atom stereocenters. The molecule has 29 heavy (non-hydrogen) atoms. The van der Waals surface area contributed by atoms with Gasteiger partial charge in [0.25, 0.3) is 0 Å². The number of likely N-dealkylation sites (tertiary alicyclic amines) is 1. The Morgan fingerprint density at radius 2 is 1.79 bits per heavy atom. The van der Waals surface area contributed by atoms with Crippen molar-refractivity contribution in [2.75, 3.05) is 45.2 Å². The summed E-state index contributed by atoms with van der Waals surface area (Å²) in [4.78, 5) is 26.2. The molecular formula is C20H29N3O5S. The highest BCUT2D eigenvalue weighted by molar-refractivity contribution is 7.89. The molecule has 2 aliphatic rings. The van der Waals surface area contributed by atoms with Crippen molar-refractivity contribution in [2.45, 2.75) is 37.0 Å². The maximum Gasteiger partial charge on any atom is 0.308 e. The van der Waals surface area contributed by atoms with Crippen LogP contribution in [0.5, 0.6) is 0 Å². The number of nitrogens with zero attached hydrogens (tertiary/aromatic N) is 2. The minimum absolute atomic E-state index is 0.101. The molecule has 2 saturated heterocycles. The van der Waals surface area contributed by atoms with Gasteiger partial charge in [-0.2, -0.15) is 4.31 Å². The summed E-state index contributed by atoms with van der Waals surface area (Å²) in [5, 5.41) is 2.79. The van der Waals surface area contributed by atoms with E-state index in [9.17, 15) is 18.0 Å². The third kappa shape index (κ3) is 5.55. The number of amides is 1. The zero-order valence-corrected chi connectivity index (χ0v) is 17.6. The van der Waals surface area contributed by atoms with Crippen LogP contribution in [0.1, 0.15) is 32.1 Å². The Balaban J connectivity index is 1.56. The van der Waals surface area contributed by atoms with Crippen LogP contribution < -0.4 is 5.32 Å². The summed E-state index contributed by atoms with van der Waals surface area (Å²) in [7, 11) is -2.15. The number of nitrogens with one attached hydrogen (secondary N) is 1. The van der Waals surface area contributed by atoms with Crippen LogP contribution in [0.15, 0.2) is 29.2 Å². The van der Waals surface area contributed by atoms with Crippen LogP contribution in [0.2, 0.25) is 0 Å². The minimum atomic E-state index is -3.54. The number of benzene rings is 1. The number of ether oxygens (including phenoxy) is 1. The molecule has 9 heteroatoms. The largest absolute Gasteiger partial charge is 0.469 e. The SMILES string of the molecule is COC(=O)C1CCN(CC(=O)Nc2cccc(S(=O)(=O)N3CCCCC3)c2)CC1. The van der Waals surface area contributed by atoms with E-state index in [1.807, 2.05) is 4.90 Å². The summed E-state index contributed by atoms with van der Waals surface area (Å²) in [6.45, 7) is 2.59. The van der Waals surface area contributed by atoms with Crippen molar-refractivity contribution in [1.82, 2.24) is 9.21 Å². The van der Waals surface area contributed by atoms with E-state index in [1.165, 1.54) is 17.5 Å². The van der Waals surface area contributed by atoms with Gasteiger partial charge in [0.15, 0.2) is 0 Å². The first-order valence-electron chi connectivity index (χ1n) is 10.1. The first-order valence-corrected chi connectivity index (χ1v) is 11.5. The van der Waals surface area contributed by atoms with Crippen molar-refractivity contribution in [3.8, 4) is 0 Å². The van der Waals surface area contributed by atoms with Crippen LogP contribution in [0.3, 0.4) is 0 Å². The zero-order chi connectivity index (χ0) is 20.9. The predicted octanol–water partition coefficient (Wildman–Crippen LogP) is 1.68. The normalized spacial score (nSPS) is 19.6. The van der Waals surface area contributed by atoms with Gasteiger partial charge in [0.1, 0.15) is 0 Å². The molecule has 0 saturated carbocycles. The number of anilines is 1. The summed E-state index contributed by atoms with van der Waals surface area (Å²) < 4.78 is 31.9. The Morgan fingerprint density at radius 1 is 1.10 bits per heavy atom. The van der Waals surface area contributed by atoms with E-state index in [-0.39, 0.29) is 29.2 Å². The second-order valence-corrected chi connectivity index (χ2v) is 9.55. The maximum atomic E-state index is 12.8. The monoisotopic (exact) mass is 423 g/mol.